The van der Waals surface area contributed by atoms with Gasteiger partial charge in [0.15, 0.2) is 5.13 Å². The maximum absolute atomic E-state index is 12.6. The lowest BCUT2D eigenvalue weighted by Gasteiger charge is -2.29. The van der Waals surface area contributed by atoms with Crippen molar-refractivity contribution in [3.05, 3.63) is 18.6 Å². The lowest BCUT2D eigenvalue weighted by Crippen LogP contribution is -2.40. The smallest absolute Gasteiger partial charge is 0.323 e. The molecule has 1 N–H and O–H groups in total. The predicted octanol–water partition coefficient (Wildman–Crippen LogP) is 3.36. The minimum absolute atomic E-state index is 0.101. The second kappa shape index (κ2) is 7.15. The van der Waals surface area contributed by atoms with E-state index in [2.05, 4.69) is 27.3 Å². The van der Waals surface area contributed by atoms with Crippen molar-refractivity contribution in [2.45, 2.75) is 19.8 Å². The van der Waals surface area contributed by atoms with Crippen LogP contribution in [0, 0.1) is 5.92 Å². The second-order valence-corrected chi connectivity index (χ2v) is 7.88. The van der Waals surface area contributed by atoms with Crippen molar-refractivity contribution in [2.24, 2.45) is 13.0 Å². The van der Waals surface area contributed by atoms with Crippen molar-refractivity contribution < 1.29 is 9.53 Å². The molecule has 2 amide bonds. The molecule has 0 spiro atoms. The molecule has 8 nitrogen and oxygen atoms in total. The fraction of sp³-hybridized carbons (Fsp3) is 0.444. The van der Waals surface area contributed by atoms with E-state index < -0.39 is 0 Å². The number of amides is 2. The van der Waals surface area contributed by atoms with Gasteiger partial charge in [-0.3, -0.25) is 10.00 Å². The molecule has 0 aliphatic carbocycles. The van der Waals surface area contributed by atoms with E-state index in [1.807, 2.05) is 18.1 Å². The average Bonchev–Trinajstić information content (AvgIpc) is 3.27. The molecule has 4 heterocycles. The number of nitrogens with one attached hydrogen (secondary N) is 1. The number of aromatic nitrogens is 4. The summed E-state index contributed by atoms with van der Waals surface area (Å²) in [5, 5.41) is 7.72. The first kappa shape index (κ1) is 17.7. The van der Waals surface area contributed by atoms with Crippen LogP contribution in [0.2, 0.25) is 0 Å². The highest BCUT2D eigenvalue weighted by molar-refractivity contribution is 7.23. The number of carbonyl (C=O) groups is 1. The molecule has 0 aromatic carbocycles. The predicted molar refractivity (Wildman–Crippen MR) is 105 cm³/mol. The van der Waals surface area contributed by atoms with Crippen LogP contribution in [0.1, 0.15) is 19.8 Å². The number of urea groups is 1. The molecule has 1 aliphatic heterocycles. The highest BCUT2D eigenvalue weighted by Crippen LogP contribution is 2.38. The van der Waals surface area contributed by atoms with Gasteiger partial charge in [-0.05, 0) is 18.8 Å². The van der Waals surface area contributed by atoms with E-state index in [0.29, 0.717) is 22.4 Å². The number of anilines is 1. The fourth-order valence-electron chi connectivity index (χ4n) is 3.24. The summed E-state index contributed by atoms with van der Waals surface area (Å²) in [4.78, 5) is 23.4. The summed E-state index contributed by atoms with van der Waals surface area (Å²) >= 11 is 1.42. The Kier molecular flexibility index (Phi) is 4.69. The Bertz CT molecular complexity index is 974. The number of methoxy groups -OCH3 is 1. The summed E-state index contributed by atoms with van der Waals surface area (Å²) in [6.07, 6.45) is 7.55. The molecule has 1 aliphatic rings. The van der Waals surface area contributed by atoms with Crippen molar-refractivity contribution in [1.29, 1.82) is 0 Å². The van der Waals surface area contributed by atoms with E-state index >= 15 is 0 Å². The van der Waals surface area contributed by atoms with Crippen molar-refractivity contribution in [3.63, 3.8) is 0 Å². The highest BCUT2D eigenvalue weighted by atomic mass is 32.1. The van der Waals surface area contributed by atoms with Crippen molar-refractivity contribution in [2.75, 3.05) is 25.5 Å². The summed E-state index contributed by atoms with van der Waals surface area (Å²) in [5.74, 6) is 1.12. The van der Waals surface area contributed by atoms with Crippen LogP contribution in [-0.2, 0) is 7.05 Å². The van der Waals surface area contributed by atoms with Gasteiger partial charge >= 0.3 is 6.03 Å². The van der Waals surface area contributed by atoms with E-state index in [0.717, 1.165) is 41.8 Å². The molecule has 27 heavy (non-hydrogen) atoms. The largest absolute Gasteiger partial charge is 0.479 e. The van der Waals surface area contributed by atoms with Crippen LogP contribution in [0.5, 0.6) is 5.88 Å². The number of pyridine rings is 1. The Morgan fingerprint density at radius 2 is 2.11 bits per heavy atom. The number of aryl methyl sites for hydroxylation is 1. The Labute approximate surface area is 161 Å². The lowest BCUT2D eigenvalue weighted by molar-refractivity contribution is 0.186. The SMILES string of the molecule is COc1ncc(-c2cnn(C)c2)c2sc(NC(=O)N3CCC(C)CC3)nc12. The van der Waals surface area contributed by atoms with Crippen LogP contribution in [0.4, 0.5) is 9.93 Å². The Balaban J connectivity index is 1.65. The number of hydrogen-bond donors (Lipinski definition) is 1. The Morgan fingerprint density at radius 3 is 2.78 bits per heavy atom. The van der Waals surface area contributed by atoms with Gasteiger partial charge in [0, 0.05) is 43.7 Å². The summed E-state index contributed by atoms with van der Waals surface area (Å²) in [7, 11) is 3.44. The topological polar surface area (TPSA) is 85.2 Å². The first-order chi connectivity index (χ1) is 13.0. The van der Waals surface area contributed by atoms with Gasteiger partial charge in [0.1, 0.15) is 5.52 Å². The zero-order valence-corrected chi connectivity index (χ0v) is 16.4. The normalized spacial score (nSPS) is 15.3. The van der Waals surface area contributed by atoms with Gasteiger partial charge in [0.05, 0.1) is 18.0 Å². The minimum Gasteiger partial charge on any atom is -0.479 e. The van der Waals surface area contributed by atoms with Crippen molar-refractivity contribution in [1.82, 2.24) is 24.6 Å². The second-order valence-electron chi connectivity index (χ2n) is 6.88. The van der Waals surface area contributed by atoms with E-state index in [1.54, 1.807) is 24.2 Å². The molecule has 4 rings (SSSR count). The number of carbonyl (C=O) groups excluding carboxylic acids is 1. The first-order valence-electron chi connectivity index (χ1n) is 8.93. The van der Waals surface area contributed by atoms with E-state index in [1.165, 1.54) is 11.3 Å². The summed E-state index contributed by atoms with van der Waals surface area (Å²) in [6, 6.07) is -0.101. The molecule has 142 valence electrons. The Morgan fingerprint density at radius 1 is 1.33 bits per heavy atom. The van der Waals surface area contributed by atoms with E-state index in [4.69, 9.17) is 4.74 Å². The lowest BCUT2D eigenvalue weighted by atomic mass is 10.00. The molecule has 3 aromatic heterocycles. The third kappa shape index (κ3) is 3.46. The number of likely N-dealkylation sites (tertiary alicyclic amines) is 1. The van der Waals surface area contributed by atoms with Gasteiger partial charge in [-0.2, -0.15) is 5.10 Å². The summed E-state index contributed by atoms with van der Waals surface area (Å²) in [6.45, 7) is 3.79. The summed E-state index contributed by atoms with van der Waals surface area (Å²) < 4.78 is 8.02. The molecule has 1 fully saturated rings. The molecule has 0 radical (unpaired) electrons. The molecule has 0 saturated carbocycles. The van der Waals surface area contributed by atoms with Crippen LogP contribution < -0.4 is 10.1 Å². The van der Waals surface area contributed by atoms with Crippen LogP contribution in [0.25, 0.3) is 21.3 Å². The average molecular weight is 386 g/mol. The molecule has 1 saturated heterocycles. The molecule has 3 aromatic rings. The zero-order valence-electron chi connectivity index (χ0n) is 15.6. The van der Waals surface area contributed by atoms with Crippen LogP contribution in [0.15, 0.2) is 18.6 Å². The quantitative estimate of drug-likeness (QED) is 0.746. The van der Waals surface area contributed by atoms with Crippen molar-refractivity contribution in [3.8, 4) is 17.0 Å². The van der Waals surface area contributed by atoms with Gasteiger partial charge in [0.25, 0.3) is 0 Å². The fourth-order valence-corrected chi connectivity index (χ4v) is 4.22. The van der Waals surface area contributed by atoms with Gasteiger partial charge in [-0.1, -0.05) is 18.3 Å². The zero-order chi connectivity index (χ0) is 19.0. The molecular weight excluding hydrogens is 364 g/mol. The molecule has 0 atom stereocenters. The molecule has 0 bridgehead atoms. The van der Waals surface area contributed by atoms with Crippen LogP contribution >= 0.6 is 11.3 Å². The maximum atomic E-state index is 12.6. The number of thiazole rings is 1. The molecular formula is C18H22N6O2S. The number of piperidine rings is 1. The van der Waals surface area contributed by atoms with Crippen molar-refractivity contribution >= 4 is 32.7 Å². The van der Waals surface area contributed by atoms with Gasteiger partial charge in [0.2, 0.25) is 5.88 Å². The number of hydrogen-bond acceptors (Lipinski definition) is 6. The van der Waals surface area contributed by atoms with Crippen LogP contribution in [0.3, 0.4) is 0 Å². The van der Waals surface area contributed by atoms with Gasteiger partial charge in [-0.25, -0.2) is 14.8 Å². The number of ether oxygens (including phenoxy) is 1. The summed E-state index contributed by atoms with van der Waals surface area (Å²) in [5.41, 5.74) is 2.51. The molecule has 9 heteroatoms. The minimum atomic E-state index is -0.101. The van der Waals surface area contributed by atoms with E-state index in [-0.39, 0.29) is 6.03 Å². The van der Waals surface area contributed by atoms with Crippen LogP contribution in [-0.4, -0.2) is 50.9 Å². The van der Waals surface area contributed by atoms with E-state index in [9.17, 15) is 4.79 Å². The third-order valence-electron chi connectivity index (χ3n) is 4.88. The van der Waals surface area contributed by atoms with Gasteiger partial charge in [-0.15, -0.1) is 0 Å². The van der Waals surface area contributed by atoms with Gasteiger partial charge < -0.3 is 9.64 Å². The first-order valence-corrected chi connectivity index (χ1v) is 9.75. The number of nitrogens with zero attached hydrogens (tertiary/aromatic N) is 5. The number of fused-ring (bicyclic) bond motifs is 1. The molecule has 0 unspecified atom stereocenters. The third-order valence-corrected chi connectivity index (χ3v) is 5.88. The maximum Gasteiger partial charge on any atom is 0.323 e. The number of rotatable bonds is 3. The standard InChI is InChI=1S/C18H22N6O2S/c1-11-4-6-24(7-5-11)18(25)22-17-21-14-15(27-17)13(9-19-16(14)26-3)12-8-20-23(2)10-12/h8-11H,4-7H2,1-3H3,(H,21,22,25). The monoisotopic (exact) mass is 386 g/mol. The Hall–Kier alpha value is -2.68. The highest BCUT2D eigenvalue weighted by Gasteiger charge is 2.22.